The van der Waals surface area contributed by atoms with E-state index in [-0.39, 0.29) is 17.4 Å². The summed E-state index contributed by atoms with van der Waals surface area (Å²) >= 11 is 0. The van der Waals surface area contributed by atoms with E-state index in [2.05, 4.69) is 10.3 Å². The summed E-state index contributed by atoms with van der Waals surface area (Å²) in [4.78, 5) is 16.2. The zero-order valence-corrected chi connectivity index (χ0v) is 11.3. The highest BCUT2D eigenvalue weighted by Gasteiger charge is 2.42. The molecule has 1 aromatic rings. The lowest BCUT2D eigenvalue weighted by molar-refractivity contribution is -0.124. The van der Waals surface area contributed by atoms with Crippen molar-refractivity contribution >= 4 is 5.91 Å². The van der Waals surface area contributed by atoms with Gasteiger partial charge in [-0.15, -0.1) is 0 Å². The van der Waals surface area contributed by atoms with Crippen LogP contribution in [0.2, 0.25) is 0 Å². The fourth-order valence-corrected chi connectivity index (χ4v) is 2.20. The summed E-state index contributed by atoms with van der Waals surface area (Å²) < 4.78 is 7.07. The van der Waals surface area contributed by atoms with Crippen LogP contribution in [0.25, 0.3) is 0 Å². The van der Waals surface area contributed by atoms with Crippen molar-refractivity contribution in [2.45, 2.75) is 32.7 Å². The highest BCUT2D eigenvalue weighted by Crippen LogP contribution is 2.45. The molecule has 18 heavy (non-hydrogen) atoms. The number of carbonyl (C=O) groups is 1. The number of rotatable bonds is 6. The molecule has 1 atom stereocenters. The van der Waals surface area contributed by atoms with Crippen molar-refractivity contribution in [3.8, 4) is 0 Å². The fourth-order valence-electron chi connectivity index (χ4n) is 2.20. The van der Waals surface area contributed by atoms with Gasteiger partial charge in [-0.25, -0.2) is 4.98 Å². The van der Waals surface area contributed by atoms with Gasteiger partial charge in [-0.1, -0.05) is 0 Å². The topological polar surface area (TPSA) is 56.1 Å². The molecule has 5 nitrogen and oxygen atoms in total. The largest absolute Gasteiger partial charge is 0.384 e. The summed E-state index contributed by atoms with van der Waals surface area (Å²) in [5.41, 5.74) is 0.189. The van der Waals surface area contributed by atoms with Crippen molar-refractivity contribution in [1.29, 1.82) is 0 Å². The molecule has 1 fully saturated rings. The molecule has 100 valence electrons. The van der Waals surface area contributed by atoms with Crippen LogP contribution in [0, 0.1) is 12.3 Å². The van der Waals surface area contributed by atoms with Crippen LogP contribution >= 0.6 is 0 Å². The number of aryl methyl sites for hydroxylation is 1. The molecule has 1 aromatic heterocycles. The molecule has 5 heteroatoms. The van der Waals surface area contributed by atoms with E-state index in [9.17, 15) is 4.79 Å². The number of nitrogens with zero attached hydrogens (tertiary/aromatic N) is 2. The van der Waals surface area contributed by atoms with Crippen molar-refractivity contribution in [3.63, 3.8) is 0 Å². The van der Waals surface area contributed by atoms with Gasteiger partial charge < -0.3 is 14.6 Å². The highest BCUT2D eigenvalue weighted by atomic mass is 16.5. The molecule has 2 rings (SSSR count). The van der Waals surface area contributed by atoms with Gasteiger partial charge in [0.05, 0.1) is 6.61 Å². The third-order valence-electron chi connectivity index (χ3n) is 3.70. The zero-order chi connectivity index (χ0) is 13.2. The minimum Gasteiger partial charge on any atom is -0.384 e. The number of aromatic nitrogens is 2. The van der Waals surface area contributed by atoms with E-state index in [0.717, 1.165) is 25.3 Å². The number of ether oxygens (including phenoxy) is 1. The lowest BCUT2D eigenvalue weighted by Gasteiger charge is -2.18. The van der Waals surface area contributed by atoms with Crippen LogP contribution < -0.4 is 5.32 Å². The molecule has 0 unspecified atom stereocenters. The van der Waals surface area contributed by atoms with Crippen molar-refractivity contribution in [2.75, 3.05) is 20.3 Å². The first-order chi connectivity index (χ1) is 8.58. The Morgan fingerprint density at radius 1 is 1.67 bits per heavy atom. The van der Waals surface area contributed by atoms with E-state index in [1.807, 2.05) is 24.6 Å². The highest BCUT2D eigenvalue weighted by molar-refractivity contribution is 5.80. The lowest BCUT2D eigenvalue weighted by atomic mass is 10.1. The summed E-state index contributed by atoms with van der Waals surface area (Å²) in [6.07, 6.45) is 5.83. The number of carbonyl (C=O) groups excluding carboxylic acids is 1. The Kier molecular flexibility index (Phi) is 3.71. The molecular formula is C13H21N3O2. The molecule has 0 aliphatic heterocycles. The number of amides is 1. The third kappa shape index (κ3) is 2.72. The lowest BCUT2D eigenvalue weighted by Crippen LogP contribution is -2.36. The van der Waals surface area contributed by atoms with Crippen LogP contribution in [0.3, 0.4) is 0 Å². The quantitative estimate of drug-likeness (QED) is 0.829. The van der Waals surface area contributed by atoms with Gasteiger partial charge in [0, 0.05) is 31.5 Å². The monoisotopic (exact) mass is 251 g/mol. The maximum Gasteiger partial charge on any atom is 0.242 e. The SMILES string of the molecule is COCC1(CNC(=O)[C@@H](C)n2ccnc2C)CC1. The van der Waals surface area contributed by atoms with Gasteiger partial charge in [-0.05, 0) is 26.7 Å². The maximum atomic E-state index is 12.1. The molecule has 0 radical (unpaired) electrons. The molecule has 0 aromatic carbocycles. The van der Waals surface area contributed by atoms with Gasteiger partial charge in [-0.3, -0.25) is 4.79 Å². The first-order valence-electron chi connectivity index (χ1n) is 6.34. The molecule has 0 saturated heterocycles. The summed E-state index contributed by atoms with van der Waals surface area (Å²) in [5.74, 6) is 0.897. The Labute approximate surface area is 108 Å². The van der Waals surface area contributed by atoms with Crippen LogP contribution in [0.5, 0.6) is 0 Å². The minimum atomic E-state index is -0.217. The Morgan fingerprint density at radius 3 is 2.89 bits per heavy atom. The summed E-state index contributed by atoms with van der Waals surface area (Å²) in [6, 6.07) is -0.217. The summed E-state index contributed by atoms with van der Waals surface area (Å²) in [5, 5.41) is 3.02. The van der Waals surface area contributed by atoms with Gasteiger partial charge in [0.1, 0.15) is 11.9 Å². The maximum absolute atomic E-state index is 12.1. The molecule has 1 aliphatic rings. The first-order valence-corrected chi connectivity index (χ1v) is 6.34. The average Bonchev–Trinajstić information content (AvgIpc) is 2.99. The third-order valence-corrected chi connectivity index (χ3v) is 3.70. The Bertz CT molecular complexity index is 424. The standard InChI is InChI=1S/C13H21N3O2/c1-10(16-7-6-14-11(16)2)12(17)15-8-13(4-5-13)9-18-3/h6-7,10H,4-5,8-9H2,1-3H3,(H,15,17)/t10-/m1/s1. The van der Waals surface area contributed by atoms with Crippen LogP contribution in [-0.4, -0.2) is 35.7 Å². The molecule has 1 saturated carbocycles. The number of methoxy groups -OCH3 is 1. The molecule has 1 heterocycles. The number of nitrogens with one attached hydrogen (secondary N) is 1. The van der Waals surface area contributed by atoms with Crippen molar-refractivity contribution in [3.05, 3.63) is 18.2 Å². The molecular weight excluding hydrogens is 230 g/mol. The van der Waals surface area contributed by atoms with Crippen molar-refractivity contribution in [1.82, 2.24) is 14.9 Å². The van der Waals surface area contributed by atoms with E-state index >= 15 is 0 Å². The first kappa shape index (κ1) is 13.1. The van der Waals surface area contributed by atoms with Crippen LogP contribution in [0.15, 0.2) is 12.4 Å². The summed E-state index contributed by atoms with van der Waals surface area (Å²) in [7, 11) is 1.71. The number of imidazole rings is 1. The number of hydrogen-bond donors (Lipinski definition) is 1. The smallest absolute Gasteiger partial charge is 0.242 e. The molecule has 0 bridgehead atoms. The Hall–Kier alpha value is -1.36. The van der Waals surface area contributed by atoms with Crippen molar-refractivity contribution < 1.29 is 9.53 Å². The Balaban J connectivity index is 1.87. The zero-order valence-electron chi connectivity index (χ0n) is 11.3. The van der Waals surface area contributed by atoms with E-state index in [1.165, 1.54) is 0 Å². The van der Waals surface area contributed by atoms with Gasteiger partial charge in [0.25, 0.3) is 0 Å². The Morgan fingerprint density at radius 2 is 2.39 bits per heavy atom. The molecule has 1 amide bonds. The van der Waals surface area contributed by atoms with Gasteiger partial charge in [-0.2, -0.15) is 0 Å². The second-order valence-corrected chi connectivity index (χ2v) is 5.21. The normalized spacial score (nSPS) is 18.4. The van der Waals surface area contributed by atoms with Crippen LogP contribution in [0.1, 0.15) is 31.6 Å². The number of hydrogen-bond acceptors (Lipinski definition) is 3. The molecule has 0 spiro atoms. The predicted molar refractivity (Wildman–Crippen MR) is 68.2 cm³/mol. The minimum absolute atomic E-state index is 0.0403. The average molecular weight is 251 g/mol. The molecule has 1 aliphatic carbocycles. The van der Waals surface area contributed by atoms with Gasteiger partial charge in [0.15, 0.2) is 0 Å². The van der Waals surface area contributed by atoms with Crippen LogP contribution in [-0.2, 0) is 9.53 Å². The second kappa shape index (κ2) is 5.10. The fraction of sp³-hybridized carbons (Fsp3) is 0.692. The summed E-state index contributed by atoms with van der Waals surface area (Å²) in [6.45, 7) is 5.22. The van der Waals surface area contributed by atoms with E-state index < -0.39 is 0 Å². The predicted octanol–water partition coefficient (Wildman–Crippen LogP) is 1.30. The van der Waals surface area contributed by atoms with E-state index in [1.54, 1.807) is 13.3 Å². The van der Waals surface area contributed by atoms with E-state index in [0.29, 0.717) is 6.54 Å². The molecule has 1 N–H and O–H groups in total. The second-order valence-electron chi connectivity index (χ2n) is 5.21. The van der Waals surface area contributed by atoms with E-state index in [4.69, 9.17) is 4.74 Å². The van der Waals surface area contributed by atoms with Gasteiger partial charge >= 0.3 is 0 Å². The van der Waals surface area contributed by atoms with Gasteiger partial charge in [0.2, 0.25) is 5.91 Å². The van der Waals surface area contributed by atoms with Crippen LogP contribution in [0.4, 0.5) is 0 Å². The van der Waals surface area contributed by atoms with Crippen molar-refractivity contribution in [2.24, 2.45) is 5.41 Å².